The number of benzene rings is 1. The fourth-order valence-corrected chi connectivity index (χ4v) is 1.43. The summed E-state index contributed by atoms with van der Waals surface area (Å²) in [5.74, 6) is -1.80. The van der Waals surface area contributed by atoms with Gasteiger partial charge in [0, 0.05) is 5.57 Å². The van der Waals surface area contributed by atoms with Crippen LogP contribution in [0.4, 0.5) is 23.0 Å². The molecule has 0 radical (unpaired) electrons. The zero-order valence-electron chi connectivity index (χ0n) is 13.6. The number of nitrogens with two attached hydrogens (primary N) is 2. The van der Waals surface area contributed by atoms with Crippen molar-refractivity contribution in [1.82, 2.24) is 4.98 Å². The topological polar surface area (TPSA) is 164 Å². The number of aromatic nitrogens is 1. The van der Waals surface area contributed by atoms with Crippen LogP contribution in [0.5, 0.6) is 0 Å². The van der Waals surface area contributed by atoms with Crippen molar-refractivity contribution in [1.29, 1.82) is 0 Å². The number of pyridine rings is 1. The minimum absolute atomic E-state index is 0. The van der Waals surface area contributed by atoms with Gasteiger partial charge in [0.15, 0.2) is 5.82 Å². The van der Waals surface area contributed by atoms with Crippen molar-refractivity contribution in [3.05, 3.63) is 54.6 Å². The summed E-state index contributed by atoms with van der Waals surface area (Å²) >= 11 is 0. The molecule has 0 aliphatic carbocycles. The first-order valence-corrected chi connectivity index (χ1v) is 6.91. The summed E-state index contributed by atoms with van der Waals surface area (Å²) in [6.45, 7) is 3.01. The molecule has 0 aliphatic heterocycles. The number of rotatable bonds is 5. The van der Waals surface area contributed by atoms with Crippen molar-refractivity contribution < 1.29 is 19.8 Å². The third-order valence-corrected chi connectivity index (χ3v) is 2.62. The fourth-order valence-electron chi connectivity index (χ4n) is 1.43. The van der Waals surface area contributed by atoms with Crippen molar-refractivity contribution in [2.45, 2.75) is 6.42 Å². The van der Waals surface area contributed by atoms with Gasteiger partial charge < -0.3 is 21.7 Å². The number of hydrogen-bond donors (Lipinski definition) is 4. The number of azo groups is 1. The molecule has 2 rings (SSSR count). The molecule has 0 saturated heterocycles. The molecule has 6 N–H and O–H groups in total. The minimum Gasteiger partial charge on any atom is -0.481 e. The molecule has 0 amide bonds. The molecule has 138 valence electrons. The normalized spacial score (nSPS) is 9.54. The van der Waals surface area contributed by atoms with Gasteiger partial charge in [-0.25, -0.2) is 9.78 Å². The number of hydrogen-bond acceptors (Lipinski definition) is 7. The Morgan fingerprint density at radius 3 is 2.12 bits per heavy atom. The van der Waals surface area contributed by atoms with E-state index in [1.807, 2.05) is 30.3 Å². The van der Waals surface area contributed by atoms with Crippen LogP contribution in [0.2, 0.25) is 0 Å². The third kappa shape index (κ3) is 8.41. The van der Waals surface area contributed by atoms with E-state index in [4.69, 9.17) is 21.7 Å². The van der Waals surface area contributed by atoms with Gasteiger partial charge in [-0.05, 0) is 24.3 Å². The molecule has 1 heterocycles. The number of carbonyl (C=O) groups is 2. The highest BCUT2D eigenvalue weighted by Crippen LogP contribution is 2.23. The Kier molecular flexibility index (Phi) is 9.67. The molecule has 0 atom stereocenters. The molecule has 1 aromatic carbocycles. The summed E-state index contributed by atoms with van der Waals surface area (Å²) in [7, 11) is 0. The number of anilines is 2. The van der Waals surface area contributed by atoms with Gasteiger partial charge in [-0.3, -0.25) is 4.79 Å². The molecule has 0 spiro atoms. The molecule has 2 aromatic rings. The van der Waals surface area contributed by atoms with Crippen LogP contribution in [0.3, 0.4) is 0 Å². The summed E-state index contributed by atoms with van der Waals surface area (Å²) < 4.78 is 0. The molecule has 0 bridgehead atoms. The molecular formula is C16H18ClN5O4. The van der Waals surface area contributed by atoms with Gasteiger partial charge in [-0.15, -0.1) is 17.5 Å². The van der Waals surface area contributed by atoms with E-state index >= 15 is 0 Å². The Labute approximate surface area is 155 Å². The molecule has 1 aromatic heterocycles. The number of nitrogens with zero attached hydrogens (tertiary/aromatic N) is 3. The SMILES string of the molecule is C=C(CC(=O)O)C(=O)O.Cl.Nc1ccc(/N=N/c2ccccc2)c(N)n1. The van der Waals surface area contributed by atoms with Crippen LogP contribution in [0, 0.1) is 0 Å². The first-order valence-electron chi connectivity index (χ1n) is 6.91. The van der Waals surface area contributed by atoms with E-state index in [9.17, 15) is 9.59 Å². The van der Waals surface area contributed by atoms with Crippen molar-refractivity contribution in [3.8, 4) is 0 Å². The first-order chi connectivity index (χ1) is 11.8. The smallest absolute Gasteiger partial charge is 0.331 e. The fraction of sp³-hybridized carbons (Fsp3) is 0.0625. The lowest BCUT2D eigenvalue weighted by Gasteiger charge is -1.98. The average molecular weight is 380 g/mol. The maximum absolute atomic E-state index is 9.87. The van der Waals surface area contributed by atoms with Gasteiger partial charge in [-0.1, -0.05) is 24.8 Å². The lowest BCUT2D eigenvalue weighted by molar-refractivity contribution is -0.139. The summed E-state index contributed by atoms with van der Waals surface area (Å²) in [6.07, 6.45) is -0.505. The van der Waals surface area contributed by atoms with Crippen LogP contribution < -0.4 is 11.5 Å². The molecule has 9 nitrogen and oxygen atoms in total. The lowest BCUT2D eigenvalue weighted by Crippen LogP contribution is -2.04. The maximum Gasteiger partial charge on any atom is 0.331 e. The Morgan fingerprint density at radius 1 is 1.04 bits per heavy atom. The van der Waals surface area contributed by atoms with Crippen LogP contribution in [0.25, 0.3) is 0 Å². The standard InChI is InChI=1S/C11H11N5.C5H6O4.ClH/c12-10-7-6-9(11(13)14-10)16-15-8-4-2-1-3-5-8;1-3(5(8)9)2-4(6)7;/h1-7H,(H4,12,13,14);1-2H2,(H,6,7)(H,8,9);1H/b16-15+;;. The number of halogens is 1. The van der Waals surface area contributed by atoms with Crippen LogP contribution in [0.1, 0.15) is 6.42 Å². The highest BCUT2D eigenvalue weighted by molar-refractivity contribution is 5.91. The van der Waals surface area contributed by atoms with Crippen molar-refractivity contribution >= 4 is 47.4 Å². The molecule has 26 heavy (non-hydrogen) atoms. The lowest BCUT2D eigenvalue weighted by atomic mass is 10.2. The largest absolute Gasteiger partial charge is 0.481 e. The summed E-state index contributed by atoms with van der Waals surface area (Å²) in [6, 6.07) is 12.7. The summed E-state index contributed by atoms with van der Waals surface area (Å²) in [5, 5.41) is 24.1. The summed E-state index contributed by atoms with van der Waals surface area (Å²) in [4.78, 5) is 23.5. The van der Waals surface area contributed by atoms with Crippen molar-refractivity contribution in [3.63, 3.8) is 0 Å². The van der Waals surface area contributed by atoms with Gasteiger partial charge in [0.25, 0.3) is 0 Å². The van der Waals surface area contributed by atoms with Gasteiger partial charge in [0.05, 0.1) is 12.1 Å². The highest BCUT2D eigenvalue weighted by Gasteiger charge is 2.07. The molecule has 0 unspecified atom stereocenters. The van der Waals surface area contributed by atoms with E-state index in [1.165, 1.54) is 0 Å². The van der Waals surface area contributed by atoms with Crippen LogP contribution in [-0.2, 0) is 9.59 Å². The monoisotopic (exact) mass is 379 g/mol. The quantitative estimate of drug-likeness (QED) is 0.457. The zero-order valence-corrected chi connectivity index (χ0v) is 14.4. The Morgan fingerprint density at radius 2 is 1.65 bits per heavy atom. The van der Waals surface area contributed by atoms with E-state index in [1.54, 1.807) is 12.1 Å². The number of carboxylic acid groups (broad SMARTS) is 2. The van der Waals surface area contributed by atoms with Gasteiger partial charge in [-0.2, -0.15) is 5.11 Å². The second-order valence-corrected chi connectivity index (χ2v) is 4.66. The summed E-state index contributed by atoms with van der Waals surface area (Å²) in [5.41, 5.74) is 12.1. The number of aliphatic carboxylic acids is 2. The number of nitrogen functional groups attached to an aromatic ring is 2. The van der Waals surface area contributed by atoms with Crippen LogP contribution in [0.15, 0.2) is 64.8 Å². The average Bonchev–Trinajstić information content (AvgIpc) is 2.55. The van der Waals surface area contributed by atoms with E-state index < -0.39 is 18.4 Å². The predicted octanol–water partition coefficient (Wildman–Crippen LogP) is 3.19. The predicted molar refractivity (Wildman–Crippen MR) is 100.0 cm³/mol. The molecule has 10 heteroatoms. The van der Waals surface area contributed by atoms with Crippen molar-refractivity contribution in [2.75, 3.05) is 11.5 Å². The first kappa shape index (κ1) is 22.5. The second kappa shape index (κ2) is 11.2. The van der Waals surface area contributed by atoms with Gasteiger partial charge in [0.1, 0.15) is 11.5 Å². The van der Waals surface area contributed by atoms with E-state index in [2.05, 4.69) is 21.8 Å². The van der Waals surface area contributed by atoms with E-state index in [0.29, 0.717) is 11.5 Å². The maximum atomic E-state index is 9.87. The second-order valence-electron chi connectivity index (χ2n) is 4.66. The Bertz CT molecular complexity index is 796. The Balaban J connectivity index is 0.000000543. The Hall–Kier alpha value is -3.46. The molecule has 0 aliphatic rings. The van der Waals surface area contributed by atoms with Crippen LogP contribution in [-0.4, -0.2) is 27.1 Å². The number of carboxylic acids is 2. The molecular weight excluding hydrogens is 362 g/mol. The van der Waals surface area contributed by atoms with Gasteiger partial charge >= 0.3 is 11.9 Å². The minimum atomic E-state index is -1.27. The molecule has 0 fully saturated rings. The highest BCUT2D eigenvalue weighted by atomic mass is 35.5. The van der Waals surface area contributed by atoms with E-state index in [-0.39, 0.29) is 23.8 Å². The molecule has 0 saturated carbocycles. The zero-order chi connectivity index (χ0) is 18.8. The van der Waals surface area contributed by atoms with Gasteiger partial charge in [0.2, 0.25) is 0 Å². The third-order valence-electron chi connectivity index (χ3n) is 2.62. The van der Waals surface area contributed by atoms with E-state index in [0.717, 1.165) is 5.69 Å². The van der Waals surface area contributed by atoms with Crippen molar-refractivity contribution in [2.24, 2.45) is 10.2 Å². The van der Waals surface area contributed by atoms with Crippen LogP contribution >= 0.6 is 12.4 Å².